The normalized spacial score (nSPS) is 10.6. The molecule has 0 fully saturated rings. The first-order valence-corrected chi connectivity index (χ1v) is 8.25. The predicted molar refractivity (Wildman–Crippen MR) is 95.3 cm³/mol. The minimum absolute atomic E-state index is 0.217. The summed E-state index contributed by atoms with van der Waals surface area (Å²) >= 11 is 0. The summed E-state index contributed by atoms with van der Waals surface area (Å²) in [6, 6.07) is 10.3. The molecule has 0 bridgehead atoms. The van der Waals surface area contributed by atoms with Gasteiger partial charge in [-0.1, -0.05) is 30.3 Å². The molecule has 1 aromatic carbocycles. The molecule has 6 nitrogen and oxygen atoms in total. The monoisotopic (exact) mass is 335 g/mol. The van der Waals surface area contributed by atoms with Gasteiger partial charge in [-0.2, -0.15) is 0 Å². The maximum absolute atomic E-state index is 12.1. The molecule has 25 heavy (non-hydrogen) atoms. The van der Waals surface area contributed by atoms with Crippen LogP contribution in [0.15, 0.2) is 48.9 Å². The van der Waals surface area contributed by atoms with E-state index in [-0.39, 0.29) is 5.91 Å². The first-order chi connectivity index (χ1) is 12.1. The second-order valence-electron chi connectivity index (χ2n) is 5.94. The standard InChI is InChI=1S/C19H21N5O/c1-14-10-22-17(12-21-14)19(25)20-9-8-18-23-11-15(2)24(18)13-16-6-4-3-5-7-16/h3-7,10-12H,8-9,13H2,1-2H3,(H,20,25). The Balaban J connectivity index is 1.60. The summed E-state index contributed by atoms with van der Waals surface area (Å²) in [6.07, 6.45) is 5.60. The predicted octanol–water partition coefficient (Wildman–Crippen LogP) is 2.31. The van der Waals surface area contributed by atoms with Crippen LogP contribution in [0.25, 0.3) is 0 Å². The van der Waals surface area contributed by atoms with E-state index in [0.717, 1.165) is 23.8 Å². The number of benzene rings is 1. The average Bonchev–Trinajstić information content (AvgIpc) is 2.96. The second kappa shape index (κ2) is 7.70. The summed E-state index contributed by atoms with van der Waals surface area (Å²) in [7, 11) is 0. The van der Waals surface area contributed by atoms with E-state index in [2.05, 4.69) is 37.0 Å². The molecule has 3 rings (SSSR count). The summed E-state index contributed by atoms with van der Waals surface area (Å²) in [6.45, 7) is 5.16. The summed E-state index contributed by atoms with van der Waals surface area (Å²) in [4.78, 5) is 24.7. The van der Waals surface area contributed by atoms with Crippen molar-refractivity contribution in [2.45, 2.75) is 26.8 Å². The van der Waals surface area contributed by atoms with Crippen molar-refractivity contribution in [1.29, 1.82) is 0 Å². The fourth-order valence-electron chi connectivity index (χ4n) is 2.58. The number of imidazole rings is 1. The summed E-state index contributed by atoms with van der Waals surface area (Å²) < 4.78 is 2.17. The van der Waals surface area contributed by atoms with Crippen molar-refractivity contribution in [2.75, 3.05) is 6.54 Å². The van der Waals surface area contributed by atoms with Gasteiger partial charge in [0.1, 0.15) is 11.5 Å². The molecule has 3 aromatic rings. The lowest BCUT2D eigenvalue weighted by molar-refractivity contribution is 0.0948. The first-order valence-electron chi connectivity index (χ1n) is 8.25. The fourth-order valence-corrected chi connectivity index (χ4v) is 2.58. The molecular formula is C19H21N5O. The molecule has 2 aromatic heterocycles. The lowest BCUT2D eigenvalue weighted by Crippen LogP contribution is -2.27. The van der Waals surface area contributed by atoms with E-state index in [0.29, 0.717) is 18.7 Å². The van der Waals surface area contributed by atoms with Crippen molar-refractivity contribution in [2.24, 2.45) is 0 Å². The van der Waals surface area contributed by atoms with Gasteiger partial charge < -0.3 is 9.88 Å². The molecule has 128 valence electrons. The lowest BCUT2D eigenvalue weighted by Gasteiger charge is -2.11. The van der Waals surface area contributed by atoms with Crippen LogP contribution in [0.3, 0.4) is 0 Å². The van der Waals surface area contributed by atoms with E-state index in [1.54, 1.807) is 6.20 Å². The first kappa shape index (κ1) is 16.8. The number of carbonyl (C=O) groups excluding carboxylic acids is 1. The van der Waals surface area contributed by atoms with Crippen LogP contribution in [-0.4, -0.2) is 32.0 Å². The number of hydrogen-bond acceptors (Lipinski definition) is 4. The van der Waals surface area contributed by atoms with Gasteiger partial charge in [0, 0.05) is 37.6 Å². The third kappa shape index (κ3) is 4.29. The van der Waals surface area contributed by atoms with Gasteiger partial charge in [-0.3, -0.25) is 9.78 Å². The van der Waals surface area contributed by atoms with Crippen molar-refractivity contribution < 1.29 is 4.79 Å². The molecule has 6 heteroatoms. The molecular weight excluding hydrogens is 314 g/mol. The van der Waals surface area contributed by atoms with E-state index in [1.807, 2.05) is 38.2 Å². The highest BCUT2D eigenvalue weighted by Crippen LogP contribution is 2.10. The van der Waals surface area contributed by atoms with E-state index in [4.69, 9.17) is 0 Å². The van der Waals surface area contributed by atoms with Crippen LogP contribution < -0.4 is 5.32 Å². The number of hydrogen-bond donors (Lipinski definition) is 1. The van der Waals surface area contributed by atoms with Crippen LogP contribution >= 0.6 is 0 Å². The Bertz CT molecular complexity index is 840. The molecule has 1 amide bonds. The third-order valence-electron chi connectivity index (χ3n) is 3.97. The number of amides is 1. The van der Waals surface area contributed by atoms with E-state index >= 15 is 0 Å². The van der Waals surface area contributed by atoms with Crippen molar-refractivity contribution in [3.05, 3.63) is 77.4 Å². The van der Waals surface area contributed by atoms with Gasteiger partial charge in [-0.25, -0.2) is 9.97 Å². The Kier molecular flexibility index (Phi) is 5.18. The Morgan fingerprint density at radius 1 is 1.04 bits per heavy atom. The average molecular weight is 335 g/mol. The summed E-state index contributed by atoms with van der Waals surface area (Å²) in [5, 5.41) is 2.87. The van der Waals surface area contributed by atoms with E-state index in [9.17, 15) is 4.79 Å². The third-order valence-corrected chi connectivity index (χ3v) is 3.97. The molecule has 0 aliphatic rings. The van der Waals surface area contributed by atoms with Crippen LogP contribution in [0.2, 0.25) is 0 Å². The lowest BCUT2D eigenvalue weighted by atomic mass is 10.2. The van der Waals surface area contributed by atoms with Gasteiger partial charge in [0.15, 0.2) is 0 Å². The van der Waals surface area contributed by atoms with E-state index < -0.39 is 0 Å². The maximum atomic E-state index is 12.1. The zero-order valence-corrected chi connectivity index (χ0v) is 14.4. The molecule has 0 aliphatic carbocycles. The number of nitrogens with one attached hydrogen (secondary N) is 1. The van der Waals surface area contributed by atoms with Crippen molar-refractivity contribution in [3.63, 3.8) is 0 Å². The highest BCUT2D eigenvalue weighted by atomic mass is 16.1. The minimum Gasteiger partial charge on any atom is -0.350 e. The number of nitrogens with zero attached hydrogens (tertiary/aromatic N) is 4. The van der Waals surface area contributed by atoms with Gasteiger partial charge in [0.05, 0.1) is 11.9 Å². The molecule has 0 unspecified atom stereocenters. The molecule has 1 N–H and O–H groups in total. The number of aryl methyl sites for hydroxylation is 2. The Morgan fingerprint density at radius 2 is 1.84 bits per heavy atom. The Morgan fingerprint density at radius 3 is 2.56 bits per heavy atom. The van der Waals surface area contributed by atoms with E-state index in [1.165, 1.54) is 11.8 Å². The Hall–Kier alpha value is -3.02. The van der Waals surface area contributed by atoms with Crippen LogP contribution in [0.1, 0.15) is 33.3 Å². The fraction of sp³-hybridized carbons (Fsp3) is 0.263. The quantitative estimate of drug-likeness (QED) is 0.750. The van der Waals surface area contributed by atoms with Gasteiger partial charge in [0.2, 0.25) is 0 Å². The second-order valence-corrected chi connectivity index (χ2v) is 5.94. The zero-order chi connectivity index (χ0) is 17.6. The number of carbonyl (C=O) groups is 1. The largest absolute Gasteiger partial charge is 0.350 e. The van der Waals surface area contributed by atoms with Crippen molar-refractivity contribution in [3.8, 4) is 0 Å². The zero-order valence-electron chi connectivity index (χ0n) is 14.4. The van der Waals surface area contributed by atoms with Crippen LogP contribution in [-0.2, 0) is 13.0 Å². The summed E-state index contributed by atoms with van der Waals surface area (Å²) in [5.41, 5.74) is 3.45. The highest BCUT2D eigenvalue weighted by Gasteiger charge is 2.10. The van der Waals surface area contributed by atoms with Gasteiger partial charge in [-0.15, -0.1) is 0 Å². The summed E-state index contributed by atoms with van der Waals surface area (Å²) in [5.74, 6) is 0.738. The molecule has 0 spiro atoms. The maximum Gasteiger partial charge on any atom is 0.271 e. The molecule has 0 saturated heterocycles. The Labute approximate surface area is 147 Å². The van der Waals surface area contributed by atoms with Crippen LogP contribution in [0.5, 0.6) is 0 Å². The number of rotatable bonds is 6. The molecule has 0 radical (unpaired) electrons. The van der Waals surface area contributed by atoms with Crippen LogP contribution in [0.4, 0.5) is 0 Å². The van der Waals surface area contributed by atoms with Crippen LogP contribution in [0, 0.1) is 13.8 Å². The topological polar surface area (TPSA) is 72.7 Å². The van der Waals surface area contributed by atoms with Crippen molar-refractivity contribution >= 4 is 5.91 Å². The SMILES string of the molecule is Cc1cnc(C(=O)NCCc2ncc(C)n2Cc2ccccc2)cn1. The van der Waals surface area contributed by atoms with Gasteiger partial charge in [-0.05, 0) is 19.4 Å². The molecule has 0 aliphatic heterocycles. The molecule has 0 saturated carbocycles. The highest BCUT2D eigenvalue weighted by molar-refractivity contribution is 5.91. The minimum atomic E-state index is -0.217. The molecule has 0 atom stereocenters. The molecule has 2 heterocycles. The van der Waals surface area contributed by atoms with Gasteiger partial charge in [0.25, 0.3) is 5.91 Å². The number of aromatic nitrogens is 4. The van der Waals surface area contributed by atoms with Gasteiger partial charge >= 0.3 is 0 Å². The van der Waals surface area contributed by atoms with Crippen molar-refractivity contribution in [1.82, 2.24) is 24.8 Å². The smallest absolute Gasteiger partial charge is 0.271 e.